The Balaban J connectivity index is 1.83. The number of nitrogens with zero attached hydrogens (tertiary/aromatic N) is 4. The molecule has 1 aromatic carbocycles. The summed E-state index contributed by atoms with van der Waals surface area (Å²) in [6.45, 7) is 13.0. The third-order valence-corrected chi connectivity index (χ3v) is 6.53. The number of anilines is 1. The van der Waals surface area contributed by atoms with E-state index in [0.29, 0.717) is 6.04 Å². The van der Waals surface area contributed by atoms with Gasteiger partial charge in [-0.3, -0.25) is 4.68 Å². The fourth-order valence-corrected chi connectivity index (χ4v) is 4.97. The maximum Gasteiger partial charge on any atom is 0.119 e. The maximum atomic E-state index is 5.07. The molecule has 0 bridgehead atoms. The van der Waals surface area contributed by atoms with Gasteiger partial charge in [0.2, 0.25) is 0 Å². The molecule has 3 heterocycles. The van der Waals surface area contributed by atoms with Crippen LogP contribution in [0.5, 0.6) is 0 Å². The van der Waals surface area contributed by atoms with Crippen LogP contribution in [0.1, 0.15) is 69.2 Å². The van der Waals surface area contributed by atoms with Gasteiger partial charge in [0, 0.05) is 23.8 Å². The lowest BCUT2D eigenvalue weighted by atomic mass is 9.99. The van der Waals surface area contributed by atoms with E-state index >= 15 is 0 Å². The second-order valence-corrected chi connectivity index (χ2v) is 9.00. The fourth-order valence-electron chi connectivity index (χ4n) is 4.97. The molecule has 0 saturated carbocycles. The number of hydrogen-bond acceptors (Lipinski definition) is 3. The van der Waals surface area contributed by atoms with E-state index in [-0.39, 0.29) is 0 Å². The highest BCUT2D eigenvalue weighted by molar-refractivity contribution is 5.98. The minimum absolute atomic E-state index is 0.614. The van der Waals surface area contributed by atoms with Gasteiger partial charge in [-0.1, -0.05) is 63.3 Å². The van der Waals surface area contributed by atoms with Crippen molar-refractivity contribution in [2.24, 2.45) is 0 Å². The average Bonchev–Trinajstić information content (AvgIpc) is 3.08. The molecule has 0 N–H and O–H groups in total. The van der Waals surface area contributed by atoms with Gasteiger partial charge in [0.05, 0.1) is 12.2 Å². The summed E-state index contributed by atoms with van der Waals surface area (Å²) in [6.07, 6.45) is 7.66. The second kappa shape index (κ2) is 8.79. The molecule has 4 rings (SSSR count). The Labute approximate surface area is 181 Å². The van der Waals surface area contributed by atoms with Gasteiger partial charge in [-0.15, -0.1) is 0 Å². The second-order valence-electron chi connectivity index (χ2n) is 9.00. The quantitative estimate of drug-likeness (QED) is 0.424. The number of rotatable bonds is 8. The number of benzene rings is 1. The minimum atomic E-state index is 0.614. The first-order valence-electron chi connectivity index (χ1n) is 11.8. The average molecular weight is 405 g/mol. The highest BCUT2D eigenvalue weighted by Gasteiger charge is 2.29. The largest absolute Gasteiger partial charge is 0.365 e. The summed E-state index contributed by atoms with van der Waals surface area (Å²) >= 11 is 0. The Morgan fingerprint density at radius 3 is 2.37 bits per heavy atom. The van der Waals surface area contributed by atoms with Crippen molar-refractivity contribution >= 4 is 16.7 Å². The normalized spacial score (nSPS) is 13.6. The zero-order chi connectivity index (χ0) is 21.3. The maximum absolute atomic E-state index is 5.07. The van der Waals surface area contributed by atoms with Crippen molar-refractivity contribution < 1.29 is 0 Å². The topological polar surface area (TPSA) is 34.0 Å². The fraction of sp³-hybridized carbons (Fsp3) is 0.538. The lowest BCUT2D eigenvalue weighted by Gasteiger charge is -2.37. The molecule has 0 radical (unpaired) electrons. The predicted octanol–water partition coefficient (Wildman–Crippen LogP) is 6.59. The van der Waals surface area contributed by atoms with Gasteiger partial charge in [0.25, 0.3) is 0 Å². The van der Waals surface area contributed by atoms with Gasteiger partial charge in [-0.25, -0.2) is 4.98 Å². The Morgan fingerprint density at radius 2 is 1.70 bits per heavy atom. The van der Waals surface area contributed by atoms with Crippen LogP contribution < -0.4 is 4.90 Å². The van der Waals surface area contributed by atoms with Crippen molar-refractivity contribution in [2.75, 3.05) is 11.4 Å². The molecule has 0 unspecified atom stereocenters. The Morgan fingerprint density at radius 1 is 0.967 bits per heavy atom. The van der Waals surface area contributed by atoms with Gasteiger partial charge in [0.15, 0.2) is 0 Å². The zero-order valence-corrected chi connectivity index (χ0v) is 19.3. The van der Waals surface area contributed by atoms with Crippen molar-refractivity contribution in [3.8, 4) is 11.3 Å². The van der Waals surface area contributed by atoms with Crippen molar-refractivity contribution in [1.29, 1.82) is 0 Å². The summed E-state index contributed by atoms with van der Waals surface area (Å²) in [5.74, 6) is 0. The van der Waals surface area contributed by atoms with E-state index in [1.165, 1.54) is 66.4 Å². The number of hydrogen-bond donors (Lipinski definition) is 0. The predicted molar refractivity (Wildman–Crippen MR) is 127 cm³/mol. The van der Waals surface area contributed by atoms with Gasteiger partial charge in [-0.05, 0) is 45.2 Å². The molecule has 1 aliphatic rings. The summed E-state index contributed by atoms with van der Waals surface area (Å²) in [5, 5.41) is 5.07. The zero-order valence-electron chi connectivity index (χ0n) is 19.3. The van der Waals surface area contributed by atoms with Crippen LogP contribution in [0.3, 0.4) is 0 Å². The van der Waals surface area contributed by atoms with E-state index < -0.39 is 0 Å². The van der Waals surface area contributed by atoms with E-state index in [9.17, 15) is 0 Å². The summed E-state index contributed by atoms with van der Waals surface area (Å²) in [6, 6.07) is 9.54. The van der Waals surface area contributed by atoms with Crippen LogP contribution in [-0.4, -0.2) is 27.4 Å². The molecule has 0 fully saturated rings. The molecular weight excluding hydrogens is 368 g/mol. The van der Waals surface area contributed by atoms with Crippen LogP contribution >= 0.6 is 0 Å². The third kappa shape index (κ3) is 3.84. The van der Waals surface area contributed by atoms with Crippen molar-refractivity contribution in [3.63, 3.8) is 0 Å². The number of unbranched alkanes of at least 4 members (excludes halogenated alkanes) is 2. The first-order valence-corrected chi connectivity index (χ1v) is 11.8. The molecule has 30 heavy (non-hydrogen) atoms. The van der Waals surface area contributed by atoms with E-state index in [2.05, 4.69) is 68.5 Å². The van der Waals surface area contributed by atoms with Crippen LogP contribution in [0, 0.1) is 20.8 Å². The smallest absolute Gasteiger partial charge is 0.119 e. The molecule has 0 spiro atoms. The highest BCUT2D eigenvalue weighted by atomic mass is 15.3. The van der Waals surface area contributed by atoms with E-state index in [4.69, 9.17) is 10.1 Å². The van der Waals surface area contributed by atoms with Crippen molar-refractivity contribution in [2.45, 2.75) is 85.7 Å². The lowest BCUT2D eigenvalue weighted by molar-refractivity contribution is 0.456. The Bertz CT molecular complexity index is 1030. The van der Waals surface area contributed by atoms with E-state index in [0.717, 1.165) is 30.0 Å². The van der Waals surface area contributed by atoms with Crippen LogP contribution in [0.4, 0.5) is 5.69 Å². The van der Waals surface area contributed by atoms with Gasteiger partial charge in [0.1, 0.15) is 16.7 Å². The van der Waals surface area contributed by atoms with Crippen LogP contribution in [0.15, 0.2) is 24.3 Å². The molecule has 2 aromatic heterocycles. The molecule has 0 aliphatic carbocycles. The van der Waals surface area contributed by atoms with Gasteiger partial charge in [-0.2, -0.15) is 5.10 Å². The van der Waals surface area contributed by atoms with Crippen LogP contribution in [0.25, 0.3) is 22.3 Å². The molecule has 0 atom stereocenters. The molecule has 0 amide bonds. The third-order valence-electron chi connectivity index (χ3n) is 6.53. The Kier molecular flexibility index (Phi) is 6.12. The number of aromatic nitrogens is 3. The van der Waals surface area contributed by atoms with Crippen molar-refractivity contribution in [3.05, 3.63) is 41.1 Å². The van der Waals surface area contributed by atoms with Gasteiger partial charge >= 0.3 is 0 Å². The highest BCUT2D eigenvalue weighted by Crippen LogP contribution is 2.38. The first-order chi connectivity index (χ1) is 14.5. The summed E-state index contributed by atoms with van der Waals surface area (Å²) < 4.78 is 2.21. The molecular formula is C26H36N4. The SMILES string of the molecule is CCCCC(CCCC)N1CCn2nc(-c3ccc(C)cc3C)c3nc(C)cc1c32. The standard InChI is InChI=1S/C26H36N4/c1-6-8-10-21(11-9-7-2)29-14-15-30-26-23(29)17-20(5)27-25(26)24(28-30)22-13-12-18(3)16-19(22)4/h12-13,16-17,21H,6-11,14-15H2,1-5H3. The molecule has 160 valence electrons. The van der Waals surface area contributed by atoms with E-state index in [1.54, 1.807) is 0 Å². The molecule has 3 aromatic rings. The number of pyridine rings is 1. The lowest BCUT2D eigenvalue weighted by Crippen LogP contribution is -2.40. The van der Waals surface area contributed by atoms with Crippen molar-refractivity contribution in [1.82, 2.24) is 14.8 Å². The van der Waals surface area contributed by atoms with Crippen LogP contribution in [-0.2, 0) is 6.54 Å². The molecule has 4 nitrogen and oxygen atoms in total. The number of aryl methyl sites for hydroxylation is 3. The summed E-state index contributed by atoms with van der Waals surface area (Å²) in [5.41, 5.74) is 9.50. The van der Waals surface area contributed by atoms with Crippen LogP contribution in [0.2, 0.25) is 0 Å². The van der Waals surface area contributed by atoms with E-state index in [1.807, 2.05) is 0 Å². The summed E-state index contributed by atoms with van der Waals surface area (Å²) in [7, 11) is 0. The molecule has 1 aliphatic heterocycles. The molecule has 4 heteroatoms. The monoisotopic (exact) mass is 404 g/mol. The Hall–Kier alpha value is -2.36. The first kappa shape index (κ1) is 20.9. The minimum Gasteiger partial charge on any atom is -0.365 e. The molecule has 0 saturated heterocycles. The van der Waals surface area contributed by atoms with Gasteiger partial charge < -0.3 is 4.90 Å². The summed E-state index contributed by atoms with van der Waals surface area (Å²) in [4.78, 5) is 7.66.